The molecule has 1 aliphatic rings. The lowest BCUT2D eigenvalue weighted by Gasteiger charge is -2.36. The topological polar surface area (TPSA) is 50.1 Å². The average Bonchev–Trinajstić information content (AvgIpc) is 1.94. The third-order valence-corrected chi connectivity index (χ3v) is 4.27. The Bertz CT molecular complexity index is 258. The molecule has 0 aromatic heterocycles. The van der Waals surface area contributed by atoms with Crippen LogP contribution in [0.5, 0.6) is 0 Å². The summed E-state index contributed by atoms with van der Waals surface area (Å²) in [6.45, 7) is 6.64. The molecule has 74 valence electrons. The summed E-state index contributed by atoms with van der Waals surface area (Å²) in [6.07, 6.45) is 0. The van der Waals surface area contributed by atoms with Gasteiger partial charge in [-0.15, -0.1) is 0 Å². The molecule has 4 heteroatoms. The molecule has 0 aromatic carbocycles. The Morgan fingerprint density at radius 3 is 2.31 bits per heavy atom. The van der Waals surface area contributed by atoms with Gasteiger partial charge < -0.3 is 4.74 Å². The minimum absolute atomic E-state index is 0.237. The second kappa shape index (κ2) is 3.39. The zero-order valence-electron chi connectivity index (χ0n) is 8.29. The first kappa shape index (κ1) is 10.7. The number of hydrogen-bond acceptors (Lipinski definition) is 3. The van der Waals surface area contributed by atoms with E-state index in [4.69, 9.17) is 10.00 Å². The molecule has 0 spiro atoms. The molecule has 0 aromatic rings. The second-order valence-electron chi connectivity index (χ2n) is 4.49. The molecule has 1 aliphatic heterocycles. The molecule has 0 unspecified atom stereocenters. The minimum atomic E-state index is -0.958. The van der Waals surface area contributed by atoms with Crippen LogP contribution in [0.15, 0.2) is 0 Å². The highest BCUT2D eigenvalue weighted by Crippen LogP contribution is 2.30. The second-order valence-corrected chi connectivity index (χ2v) is 6.69. The predicted octanol–water partition coefficient (Wildman–Crippen LogP) is 1.07. The van der Waals surface area contributed by atoms with Gasteiger partial charge >= 0.3 is 0 Å². The first-order valence-electron chi connectivity index (χ1n) is 4.27. The Labute approximate surface area is 81.5 Å². The predicted molar refractivity (Wildman–Crippen MR) is 51.6 cm³/mol. The summed E-state index contributed by atoms with van der Waals surface area (Å²) in [5.74, 6) is 0.438. The van der Waals surface area contributed by atoms with Crippen LogP contribution in [0.2, 0.25) is 0 Å². The lowest BCUT2D eigenvalue weighted by molar-refractivity contribution is -0.0636. The summed E-state index contributed by atoms with van der Waals surface area (Å²) >= 11 is 0. The number of hydrogen-bond donors (Lipinski definition) is 0. The van der Waals surface area contributed by atoms with Crippen LogP contribution in [-0.2, 0) is 15.5 Å². The van der Waals surface area contributed by atoms with E-state index in [2.05, 4.69) is 6.07 Å². The highest BCUT2D eigenvalue weighted by atomic mass is 32.2. The fourth-order valence-corrected chi connectivity index (χ4v) is 2.16. The van der Waals surface area contributed by atoms with E-state index in [0.717, 1.165) is 0 Å². The Morgan fingerprint density at radius 2 is 2.08 bits per heavy atom. The Morgan fingerprint density at radius 1 is 1.54 bits per heavy atom. The number of nitrogens with zero attached hydrogens (tertiary/aromatic N) is 1. The average molecular weight is 201 g/mol. The maximum Gasteiger partial charge on any atom is 0.115 e. The quantitative estimate of drug-likeness (QED) is 0.671. The zero-order chi connectivity index (χ0) is 10.1. The van der Waals surface area contributed by atoms with Gasteiger partial charge in [0.05, 0.1) is 19.3 Å². The van der Waals surface area contributed by atoms with E-state index in [0.29, 0.717) is 19.0 Å². The molecule has 1 fully saturated rings. The molecule has 0 aliphatic carbocycles. The van der Waals surface area contributed by atoms with Crippen molar-refractivity contribution in [2.24, 2.45) is 5.41 Å². The maximum atomic E-state index is 11.7. The van der Waals surface area contributed by atoms with E-state index >= 15 is 0 Å². The third-order valence-electron chi connectivity index (χ3n) is 2.08. The third kappa shape index (κ3) is 2.29. The molecule has 3 nitrogen and oxygen atoms in total. The first-order chi connectivity index (χ1) is 5.90. The summed E-state index contributed by atoms with van der Waals surface area (Å²) in [7, 11) is -0.958. The summed E-state index contributed by atoms with van der Waals surface area (Å²) < 4.78 is 16.5. The van der Waals surface area contributed by atoms with Crippen LogP contribution in [0.3, 0.4) is 0 Å². The van der Waals surface area contributed by atoms with Gasteiger partial charge in [-0.05, 0) is 20.8 Å². The smallest absolute Gasteiger partial charge is 0.115 e. The van der Waals surface area contributed by atoms with Crippen LogP contribution >= 0.6 is 0 Å². The largest absolute Gasteiger partial charge is 0.378 e. The van der Waals surface area contributed by atoms with Crippen molar-refractivity contribution >= 4 is 10.8 Å². The molecular weight excluding hydrogens is 186 g/mol. The maximum absolute atomic E-state index is 11.7. The number of ether oxygens (including phenoxy) is 1. The Hall–Kier alpha value is -0.400. The minimum Gasteiger partial charge on any atom is -0.378 e. The van der Waals surface area contributed by atoms with Crippen molar-refractivity contribution in [3.63, 3.8) is 0 Å². The van der Waals surface area contributed by atoms with Crippen molar-refractivity contribution in [3.8, 4) is 6.07 Å². The highest BCUT2D eigenvalue weighted by molar-refractivity contribution is 7.86. The van der Waals surface area contributed by atoms with Crippen LogP contribution in [0, 0.1) is 16.7 Å². The van der Waals surface area contributed by atoms with E-state index in [1.54, 1.807) is 0 Å². The van der Waals surface area contributed by atoms with Crippen molar-refractivity contribution in [2.45, 2.75) is 25.5 Å². The van der Waals surface area contributed by atoms with Crippen LogP contribution in [0.4, 0.5) is 0 Å². The van der Waals surface area contributed by atoms with E-state index in [1.165, 1.54) is 0 Å². The molecule has 13 heavy (non-hydrogen) atoms. The van der Waals surface area contributed by atoms with E-state index in [9.17, 15) is 4.21 Å². The fraction of sp³-hybridized carbons (Fsp3) is 0.889. The molecule has 0 amide bonds. The van der Waals surface area contributed by atoms with Gasteiger partial charge in [0.1, 0.15) is 5.41 Å². The van der Waals surface area contributed by atoms with Crippen LogP contribution in [0.25, 0.3) is 0 Å². The van der Waals surface area contributed by atoms with E-state index in [1.807, 2.05) is 20.8 Å². The van der Waals surface area contributed by atoms with Crippen LogP contribution in [0.1, 0.15) is 20.8 Å². The molecule has 0 bridgehead atoms. The molecule has 0 saturated carbocycles. The molecule has 1 saturated heterocycles. The van der Waals surface area contributed by atoms with Gasteiger partial charge in [0.25, 0.3) is 0 Å². The van der Waals surface area contributed by atoms with Gasteiger partial charge in [0.15, 0.2) is 0 Å². The van der Waals surface area contributed by atoms with Gasteiger partial charge in [-0.1, -0.05) is 0 Å². The van der Waals surface area contributed by atoms with Crippen LogP contribution < -0.4 is 0 Å². The first-order valence-corrected chi connectivity index (χ1v) is 5.59. The van der Waals surface area contributed by atoms with E-state index in [-0.39, 0.29) is 4.75 Å². The van der Waals surface area contributed by atoms with Gasteiger partial charge in [0, 0.05) is 21.3 Å². The normalized spacial score (nSPS) is 22.9. The monoisotopic (exact) mass is 201 g/mol. The number of nitriles is 1. The molecule has 0 N–H and O–H groups in total. The Balaban J connectivity index is 2.59. The SMILES string of the molecule is CC(C)(C)[S@](=O)CC1(C#N)COC1. The lowest BCUT2D eigenvalue weighted by Crippen LogP contribution is -2.47. The van der Waals surface area contributed by atoms with Crippen LogP contribution in [-0.4, -0.2) is 27.9 Å². The van der Waals surface area contributed by atoms with Gasteiger partial charge in [-0.2, -0.15) is 5.26 Å². The molecule has 1 atom stereocenters. The standard InChI is InChI=1S/C9H15NO2S/c1-8(2,3)13(11)7-9(4-10)5-12-6-9/h5-7H2,1-3H3/t13-/m1/s1. The zero-order valence-corrected chi connectivity index (χ0v) is 9.11. The summed E-state index contributed by atoms with van der Waals surface area (Å²) in [5.41, 5.74) is -0.474. The van der Waals surface area contributed by atoms with Gasteiger partial charge in [0.2, 0.25) is 0 Å². The summed E-state index contributed by atoms with van der Waals surface area (Å²) in [4.78, 5) is 0. The number of rotatable bonds is 2. The summed E-state index contributed by atoms with van der Waals surface area (Å²) in [6, 6.07) is 2.20. The van der Waals surface area contributed by atoms with Gasteiger partial charge in [-0.25, -0.2) is 0 Å². The lowest BCUT2D eigenvalue weighted by atomic mass is 9.91. The fourth-order valence-electron chi connectivity index (χ4n) is 0.996. The molecule has 1 rings (SSSR count). The van der Waals surface area contributed by atoms with Crippen molar-refractivity contribution in [2.75, 3.05) is 19.0 Å². The van der Waals surface area contributed by atoms with Crippen molar-refractivity contribution < 1.29 is 8.95 Å². The molecule has 1 heterocycles. The molecule has 0 radical (unpaired) electrons. The van der Waals surface area contributed by atoms with Gasteiger partial charge in [-0.3, -0.25) is 4.21 Å². The van der Waals surface area contributed by atoms with Crippen molar-refractivity contribution in [1.29, 1.82) is 5.26 Å². The van der Waals surface area contributed by atoms with Crippen molar-refractivity contribution in [3.05, 3.63) is 0 Å². The highest BCUT2D eigenvalue weighted by Gasteiger charge is 2.42. The van der Waals surface area contributed by atoms with E-state index < -0.39 is 16.2 Å². The summed E-state index contributed by atoms with van der Waals surface area (Å²) in [5, 5.41) is 8.89. The van der Waals surface area contributed by atoms with Crippen molar-refractivity contribution in [1.82, 2.24) is 0 Å². The molecular formula is C9H15NO2S. The Kier molecular flexibility index (Phi) is 2.79.